The highest BCUT2D eigenvalue weighted by molar-refractivity contribution is 5.95. The Hall–Kier alpha value is -4.41. The van der Waals surface area contributed by atoms with Gasteiger partial charge in [0.1, 0.15) is 30.3 Å². The molecule has 0 aliphatic heterocycles. The largest absolute Gasteiger partial charge is 0.461 e. The van der Waals surface area contributed by atoms with Crippen molar-refractivity contribution in [3.8, 4) is 0 Å². The fourth-order valence-corrected chi connectivity index (χ4v) is 3.91. The lowest BCUT2D eigenvalue weighted by Crippen LogP contribution is -2.59. The molecule has 0 heterocycles. The molecule has 0 fully saturated rings. The number of primary amides is 1. The third-order valence-corrected chi connectivity index (χ3v) is 6.36. The van der Waals surface area contributed by atoms with E-state index in [4.69, 9.17) is 15.2 Å². The van der Waals surface area contributed by atoms with Crippen molar-refractivity contribution in [2.75, 3.05) is 0 Å². The molecule has 0 aliphatic carbocycles. The Labute approximate surface area is 246 Å². The maximum atomic E-state index is 13.4. The summed E-state index contributed by atoms with van der Waals surface area (Å²) in [5.74, 6) is -3.26. The van der Waals surface area contributed by atoms with Gasteiger partial charge in [0.2, 0.25) is 17.7 Å². The first-order valence-corrected chi connectivity index (χ1v) is 13.9. The van der Waals surface area contributed by atoms with E-state index in [9.17, 15) is 24.0 Å². The molecule has 0 radical (unpaired) electrons. The van der Waals surface area contributed by atoms with E-state index in [1.807, 2.05) is 19.1 Å². The minimum Gasteiger partial charge on any atom is -0.461 e. The van der Waals surface area contributed by atoms with Gasteiger partial charge in [-0.2, -0.15) is 0 Å². The number of nitrogens with two attached hydrogens (primary N) is 1. The lowest BCUT2D eigenvalue weighted by molar-refractivity contribution is -0.147. The lowest BCUT2D eigenvalue weighted by atomic mass is 9.96. The van der Waals surface area contributed by atoms with Crippen molar-refractivity contribution in [1.29, 1.82) is 0 Å². The summed E-state index contributed by atoms with van der Waals surface area (Å²) in [5.41, 5.74) is 6.25. The van der Waals surface area contributed by atoms with Gasteiger partial charge in [0.25, 0.3) is 0 Å². The minimum atomic E-state index is -1.40. The van der Waals surface area contributed by atoms with Gasteiger partial charge in [-0.15, -0.1) is 0 Å². The van der Waals surface area contributed by atoms with Crippen molar-refractivity contribution in [1.82, 2.24) is 16.0 Å². The van der Waals surface area contributed by atoms with Crippen LogP contribution in [0, 0.1) is 5.92 Å². The lowest BCUT2D eigenvalue weighted by Gasteiger charge is -2.28. The van der Waals surface area contributed by atoms with Gasteiger partial charge in [-0.3, -0.25) is 19.2 Å². The summed E-state index contributed by atoms with van der Waals surface area (Å²) < 4.78 is 10.6. The second-order valence-electron chi connectivity index (χ2n) is 11.1. The Morgan fingerprint density at radius 3 is 1.90 bits per heavy atom. The molecule has 0 aromatic heterocycles. The van der Waals surface area contributed by atoms with Crippen LogP contribution in [0.3, 0.4) is 0 Å². The second kappa shape index (κ2) is 16.1. The number of nitrogens with one attached hydrogen (secondary N) is 3. The summed E-state index contributed by atoms with van der Waals surface area (Å²) in [6, 6.07) is 14.5. The molecule has 0 bridgehead atoms. The van der Waals surface area contributed by atoms with Crippen LogP contribution in [-0.4, -0.2) is 53.5 Å². The molecule has 0 unspecified atom stereocenters. The van der Waals surface area contributed by atoms with Crippen molar-refractivity contribution in [3.63, 3.8) is 0 Å². The van der Waals surface area contributed by atoms with E-state index in [2.05, 4.69) is 16.0 Å². The van der Waals surface area contributed by atoms with Gasteiger partial charge in [-0.25, -0.2) is 4.79 Å². The van der Waals surface area contributed by atoms with E-state index in [0.717, 1.165) is 11.1 Å². The standard InChI is InChI=1S/C31H42N4O7/c1-6-20(2)26(29(39)33-23(27(32)37)17-21-13-9-7-10-14-21)35-28(38)24(34-30(40)42-31(3,4)5)18-25(36)41-19-22-15-11-8-12-16-22/h7-16,20,23-24,26H,6,17-19H2,1-5H3,(H2,32,37)(H,33,39)(H,34,40)(H,35,38)/t20-,23-,24+,26+/m0/s1. The van der Waals surface area contributed by atoms with Gasteiger partial charge in [0.15, 0.2) is 0 Å². The molecule has 4 amide bonds. The summed E-state index contributed by atoms with van der Waals surface area (Å²) in [6.45, 7) is 8.54. The first kappa shape index (κ1) is 33.8. The van der Waals surface area contributed by atoms with Crippen molar-refractivity contribution in [3.05, 3.63) is 71.8 Å². The maximum absolute atomic E-state index is 13.4. The van der Waals surface area contributed by atoms with Crippen LogP contribution in [0.2, 0.25) is 0 Å². The molecular formula is C31H42N4O7. The number of hydrogen-bond acceptors (Lipinski definition) is 7. The van der Waals surface area contributed by atoms with Crippen molar-refractivity contribution >= 4 is 29.8 Å². The fraction of sp³-hybridized carbons (Fsp3) is 0.452. The van der Waals surface area contributed by atoms with Crippen LogP contribution in [0.4, 0.5) is 4.79 Å². The second-order valence-corrected chi connectivity index (χ2v) is 11.1. The van der Waals surface area contributed by atoms with Crippen LogP contribution in [0.15, 0.2) is 60.7 Å². The summed E-state index contributed by atoms with van der Waals surface area (Å²) >= 11 is 0. The topological polar surface area (TPSA) is 166 Å². The molecule has 2 rings (SSSR count). The Bertz CT molecular complexity index is 1200. The van der Waals surface area contributed by atoms with Gasteiger partial charge in [0, 0.05) is 6.42 Å². The highest BCUT2D eigenvalue weighted by Gasteiger charge is 2.34. The molecule has 2 aromatic carbocycles. The smallest absolute Gasteiger partial charge is 0.408 e. The minimum absolute atomic E-state index is 0.0196. The third kappa shape index (κ3) is 12.0. The normalized spacial score (nSPS) is 13.9. The molecule has 0 spiro atoms. The van der Waals surface area contributed by atoms with Crippen molar-refractivity contribution in [2.24, 2.45) is 11.7 Å². The summed E-state index contributed by atoms with van der Waals surface area (Å²) in [4.78, 5) is 64.2. The highest BCUT2D eigenvalue weighted by atomic mass is 16.6. The van der Waals surface area contributed by atoms with Crippen molar-refractivity contribution < 1.29 is 33.4 Å². The summed E-state index contributed by atoms with van der Waals surface area (Å²) in [5, 5.41) is 7.70. The van der Waals surface area contributed by atoms with Crippen LogP contribution < -0.4 is 21.7 Å². The number of ether oxygens (including phenoxy) is 2. The van der Waals surface area contributed by atoms with E-state index in [1.54, 1.807) is 76.2 Å². The van der Waals surface area contributed by atoms with Gasteiger partial charge in [-0.05, 0) is 37.8 Å². The van der Waals surface area contributed by atoms with Crippen LogP contribution in [0.5, 0.6) is 0 Å². The number of amides is 4. The Morgan fingerprint density at radius 1 is 0.810 bits per heavy atom. The molecule has 0 saturated carbocycles. The highest BCUT2D eigenvalue weighted by Crippen LogP contribution is 2.12. The summed E-state index contributed by atoms with van der Waals surface area (Å²) in [7, 11) is 0. The fourth-order valence-electron chi connectivity index (χ4n) is 3.91. The van der Waals surface area contributed by atoms with Gasteiger partial charge >= 0.3 is 12.1 Å². The Morgan fingerprint density at radius 2 is 1.38 bits per heavy atom. The molecule has 0 saturated heterocycles. The monoisotopic (exact) mass is 582 g/mol. The van der Waals surface area contributed by atoms with E-state index < -0.39 is 59.9 Å². The number of hydrogen-bond donors (Lipinski definition) is 4. The van der Waals surface area contributed by atoms with Gasteiger partial charge in [-0.1, -0.05) is 80.9 Å². The van der Waals surface area contributed by atoms with Gasteiger partial charge < -0.3 is 31.2 Å². The molecule has 11 heteroatoms. The number of rotatable bonds is 14. The molecule has 2 aromatic rings. The van der Waals surface area contributed by atoms with Crippen LogP contribution in [-0.2, 0) is 41.7 Å². The molecule has 11 nitrogen and oxygen atoms in total. The number of carbonyl (C=O) groups excluding carboxylic acids is 5. The predicted octanol–water partition coefficient (Wildman–Crippen LogP) is 2.76. The van der Waals surface area contributed by atoms with Crippen LogP contribution >= 0.6 is 0 Å². The number of carbonyl (C=O) groups is 5. The number of alkyl carbamates (subject to hydrolysis) is 1. The number of esters is 1. The zero-order valence-electron chi connectivity index (χ0n) is 24.8. The summed E-state index contributed by atoms with van der Waals surface area (Å²) in [6.07, 6.45) is -0.759. The van der Waals surface area contributed by atoms with Crippen LogP contribution in [0.25, 0.3) is 0 Å². The molecule has 42 heavy (non-hydrogen) atoms. The zero-order chi connectivity index (χ0) is 31.3. The predicted molar refractivity (Wildman–Crippen MR) is 157 cm³/mol. The molecular weight excluding hydrogens is 540 g/mol. The van der Waals surface area contributed by atoms with E-state index >= 15 is 0 Å². The SMILES string of the molecule is CC[C@H](C)[C@@H](NC(=O)[C@@H](CC(=O)OCc1ccccc1)NC(=O)OC(C)(C)C)C(=O)N[C@@H](Cc1ccccc1)C(N)=O. The average molecular weight is 583 g/mol. The Balaban J connectivity index is 2.19. The van der Waals surface area contributed by atoms with Crippen molar-refractivity contribution in [2.45, 2.75) is 84.2 Å². The zero-order valence-corrected chi connectivity index (χ0v) is 24.8. The molecule has 4 atom stereocenters. The van der Waals surface area contributed by atoms with Crippen LogP contribution in [0.1, 0.15) is 58.6 Å². The molecule has 5 N–H and O–H groups in total. The first-order valence-electron chi connectivity index (χ1n) is 13.9. The third-order valence-electron chi connectivity index (χ3n) is 6.36. The van der Waals surface area contributed by atoms with E-state index in [0.29, 0.717) is 6.42 Å². The maximum Gasteiger partial charge on any atom is 0.408 e. The molecule has 228 valence electrons. The van der Waals surface area contributed by atoms with E-state index in [1.165, 1.54) is 0 Å². The quantitative estimate of drug-likeness (QED) is 0.249. The number of benzene rings is 2. The first-order chi connectivity index (χ1) is 19.8. The van der Waals surface area contributed by atoms with Gasteiger partial charge in [0.05, 0.1) is 6.42 Å². The van der Waals surface area contributed by atoms with E-state index in [-0.39, 0.29) is 18.9 Å². The molecule has 0 aliphatic rings. The average Bonchev–Trinajstić information content (AvgIpc) is 2.93. The Kier molecular flexibility index (Phi) is 13.0.